The van der Waals surface area contributed by atoms with Crippen LogP contribution in [0, 0.1) is 18.3 Å². The van der Waals surface area contributed by atoms with Crippen molar-refractivity contribution in [2.45, 2.75) is 25.3 Å². The number of piperidine rings is 1. The molecule has 0 unspecified atom stereocenters. The number of amides is 2. The average Bonchev–Trinajstić information content (AvgIpc) is 2.76. The van der Waals surface area contributed by atoms with Gasteiger partial charge in [0.05, 0.1) is 23.3 Å². The van der Waals surface area contributed by atoms with Crippen LogP contribution in [0.5, 0.6) is 5.75 Å². The van der Waals surface area contributed by atoms with Gasteiger partial charge in [-0.2, -0.15) is 17.6 Å². The molecule has 1 aliphatic rings. The summed E-state index contributed by atoms with van der Waals surface area (Å²) in [5.74, 6) is 3.25. The van der Waals surface area contributed by atoms with E-state index < -0.39 is 6.04 Å². The molecule has 10 heteroatoms. The van der Waals surface area contributed by atoms with Crippen LogP contribution in [0.15, 0.2) is 18.2 Å². The number of benzene rings is 1. The zero-order valence-electron chi connectivity index (χ0n) is 17.1. The summed E-state index contributed by atoms with van der Waals surface area (Å²) in [6, 6.07) is 4.74. The molecule has 2 aromatic rings. The lowest BCUT2D eigenvalue weighted by Crippen LogP contribution is -2.51. The van der Waals surface area contributed by atoms with Crippen molar-refractivity contribution < 1.29 is 14.3 Å². The third-order valence-electron chi connectivity index (χ3n) is 5.23. The highest BCUT2D eigenvalue weighted by Crippen LogP contribution is 2.30. The third-order valence-corrected chi connectivity index (χ3v) is 5.52. The number of terminal acetylenes is 1. The molecular formula is C21H26N6O3S. The number of nitrogen functional groups attached to an aromatic ring is 2. The molecule has 1 aliphatic heterocycles. The van der Waals surface area contributed by atoms with Gasteiger partial charge < -0.3 is 26.4 Å². The Morgan fingerprint density at radius 3 is 2.74 bits per heavy atom. The number of carbonyl (C=O) groups is 2. The average molecular weight is 443 g/mol. The van der Waals surface area contributed by atoms with Gasteiger partial charge in [0.1, 0.15) is 17.6 Å². The Labute approximate surface area is 186 Å². The molecule has 0 spiro atoms. The van der Waals surface area contributed by atoms with Crippen LogP contribution in [0.1, 0.15) is 19.3 Å². The predicted molar refractivity (Wildman–Crippen MR) is 122 cm³/mol. The molecule has 1 atom stereocenters. The van der Waals surface area contributed by atoms with Crippen LogP contribution < -0.4 is 21.5 Å². The molecule has 9 nitrogen and oxygen atoms in total. The lowest BCUT2D eigenvalue weighted by atomic mass is 9.97. The van der Waals surface area contributed by atoms with Crippen LogP contribution in [-0.4, -0.2) is 58.2 Å². The van der Waals surface area contributed by atoms with E-state index in [1.807, 2.05) is 12.1 Å². The number of nitrogens with one attached hydrogen (secondary N) is 1. The number of hydrogen-bond acceptors (Lipinski definition) is 8. The summed E-state index contributed by atoms with van der Waals surface area (Å²) >= 11 is 3.93. The molecule has 0 bridgehead atoms. The van der Waals surface area contributed by atoms with E-state index in [1.165, 1.54) is 0 Å². The van der Waals surface area contributed by atoms with Crippen molar-refractivity contribution in [1.29, 1.82) is 0 Å². The van der Waals surface area contributed by atoms with E-state index in [4.69, 9.17) is 22.6 Å². The molecule has 3 rings (SSSR count). The second-order valence-corrected chi connectivity index (χ2v) is 7.70. The van der Waals surface area contributed by atoms with E-state index in [9.17, 15) is 9.59 Å². The first-order valence-electron chi connectivity index (χ1n) is 10.00. The highest BCUT2D eigenvalue weighted by Gasteiger charge is 2.29. The van der Waals surface area contributed by atoms with E-state index in [1.54, 1.807) is 11.0 Å². The predicted octanol–water partition coefficient (Wildman–Crippen LogP) is 0.849. The summed E-state index contributed by atoms with van der Waals surface area (Å²) < 4.78 is 6.03. The number of hydrogen-bond donors (Lipinski definition) is 4. The quantitative estimate of drug-likeness (QED) is 0.369. The molecule has 2 amide bonds. The lowest BCUT2D eigenvalue weighted by molar-refractivity contribution is -0.137. The topological polar surface area (TPSA) is 136 Å². The van der Waals surface area contributed by atoms with Crippen LogP contribution in [0.2, 0.25) is 0 Å². The van der Waals surface area contributed by atoms with Crippen LogP contribution in [0.4, 0.5) is 11.8 Å². The third kappa shape index (κ3) is 5.49. The van der Waals surface area contributed by atoms with Crippen molar-refractivity contribution in [1.82, 2.24) is 20.2 Å². The SMILES string of the molecule is C#CC[C@@H](NC(=O)CS)C(=O)N1CCC(COc2cccc3nc(N)nc(N)c23)CC1. The van der Waals surface area contributed by atoms with Crippen molar-refractivity contribution >= 4 is 47.1 Å². The summed E-state index contributed by atoms with van der Waals surface area (Å²) in [7, 11) is 0. The molecule has 2 heterocycles. The molecule has 1 saturated heterocycles. The van der Waals surface area contributed by atoms with Gasteiger partial charge >= 0.3 is 0 Å². The fourth-order valence-electron chi connectivity index (χ4n) is 3.62. The van der Waals surface area contributed by atoms with Crippen LogP contribution >= 0.6 is 12.6 Å². The van der Waals surface area contributed by atoms with E-state index in [0.29, 0.717) is 36.3 Å². The first kappa shape index (κ1) is 22.5. The maximum absolute atomic E-state index is 12.8. The molecule has 31 heavy (non-hydrogen) atoms. The number of carbonyl (C=O) groups excluding carboxylic acids is 2. The standard InChI is InChI=1S/C21H26N6O3S/c1-2-4-15(24-17(28)12-31)20(29)27-9-7-13(8-10-27)11-30-16-6-3-5-14-18(16)19(22)26-21(23)25-14/h1,3,5-6,13,15,31H,4,7-12H2,(H,24,28)(H4,22,23,25,26)/t15-/m1/s1. The summed E-state index contributed by atoms with van der Waals surface area (Å²) in [5, 5.41) is 3.28. The van der Waals surface area contributed by atoms with Gasteiger partial charge in [0.15, 0.2) is 0 Å². The largest absolute Gasteiger partial charge is 0.492 e. The molecule has 0 radical (unpaired) electrons. The van der Waals surface area contributed by atoms with Gasteiger partial charge in [-0.1, -0.05) is 6.07 Å². The summed E-state index contributed by atoms with van der Waals surface area (Å²) in [6.07, 6.45) is 7.06. The van der Waals surface area contributed by atoms with Crippen LogP contribution in [0.3, 0.4) is 0 Å². The van der Waals surface area contributed by atoms with E-state index in [0.717, 1.165) is 12.8 Å². The summed E-state index contributed by atoms with van der Waals surface area (Å²) in [6.45, 7) is 1.62. The number of aromatic nitrogens is 2. The molecule has 164 valence electrons. The minimum Gasteiger partial charge on any atom is -0.492 e. The van der Waals surface area contributed by atoms with Gasteiger partial charge in [-0.3, -0.25) is 9.59 Å². The Hall–Kier alpha value is -3.19. The number of thiol groups is 1. The normalized spacial score (nSPS) is 15.3. The Morgan fingerprint density at radius 2 is 2.06 bits per heavy atom. The van der Waals surface area contributed by atoms with Crippen molar-refractivity contribution in [3.63, 3.8) is 0 Å². The number of anilines is 2. The zero-order chi connectivity index (χ0) is 22.4. The van der Waals surface area contributed by atoms with Gasteiger partial charge in [0.2, 0.25) is 17.8 Å². The summed E-state index contributed by atoms with van der Waals surface area (Å²) in [5.41, 5.74) is 12.3. The maximum Gasteiger partial charge on any atom is 0.246 e. The highest BCUT2D eigenvalue weighted by molar-refractivity contribution is 7.81. The molecule has 1 fully saturated rings. The van der Waals surface area contributed by atoms with E-state index in [-0.39, 0.29) is 41.7 Å². The first-order chi connectivity index (χ1) is 14.9. The Bertz CT molecular complexity index is 1000. The van der Waals surface area contributed by atoms with Crippen molar-refractivity contribution in [2.24, 2.45) is 5.92 Å². The minimum atomic E-state index is -0.719. The fraction of sp³-hybridized carbons (Fsp3) is 0.429. The first-order valence-corrected chi connectivity index (χ1v) is 10.6. The molecule has 0 aliphatic carbocycles. The number of likely N-dealkylation sites (tertiary alicyclic amines) is 1. The summed E-state index contributed by atoms with van der Waals surface area (Å²) in [4.78, 5) is 34.3. The van der Waals surface area contributed by atoms with Crippen LogP contribution in [-0.2, 0) is 9.59 Å². The van der Waals surface area contributed by atoms with Gasteiger partial charge in [0, 0.05) is 19.5 Å². The molecule has 1 aromatic carbocycles. The zero-order valence-corrected chi connectivity index (χ0v) is 18.0. The van der Waals surface area contributed by atoms with E-state index >= 15 is 0 Å². The van der Waals surface area contributed by atoms with E-state index in [2.05, 4.69) is 33.8 Å². The van der Waals surface area contributed by atoms with Crippen molar-refractivity contribution in [2.75, 3.05) is 36.9 Å². The Morgan fingerprint density at radius 1 is 1.32 bits per heavy atom. The minimum absolute atomic E-state index is 0.00405. The van der Waals surface area contributed by atoms with Gasteiger partial charge in [-0.05, 0) is 30.9 Å². The van der Waals surface area contributed by atoms with Gasteiger partial charge in [-0.25, -0.2) is 4.98 Å². The van der Waals surface area contributed by atoms with Crippen molar-refractivity contribution in [3.8, 4) is 18.1 Å². The second kappa shape index (κ2) is 10.2. The van der Waals surface area contributed by atoms with Crippen molar-refractivity contribution in [3.05, 3.63) is 18.2 Å². The number of nitrogens with zero attached hydrogens (tertiary/aromatic N) is 3. The molecule has 1 aromatic heterocycles. The highest BCUT2D eigenvalue weighted by atomic mass is 32.1. The monoisotopic (exact) mass is 442 g/mol. The Kier molecular flexibility index (Phi) is 7.41. The molecular weight excluding hydrogens is 416 g/mol. The number of ether oxygens (including phenoxy) is 1. The lowest BCUT2D eigenvalue weighted by Gasteiger charge is -2.34. The number of rotatable bonds is 7. The van der Waals surface area contributed by atoms with Gasteiger partial charge in [-0.15, -0.1) is 12.3 Å². The fourth-order valence-corrected chi connectivity index (χ4v) is 3.72. The van der Waals surface area contributed by atoms with Crippen LogP contribution in [0.25, 0.3) is 10.9 Å². The number of nitrogens with two attached hydrogens (primary N) is 2. The smallest absolute Gasteiger partial charge is 0.246 e. The molecule has 5 N–H and O–H groups in total. The Balaban J connectivity index is 1.57. The second-order valence-electron chi connectivity index (χ2n) is 7.38. The van der Waals surface area contributed by atoms with Gasteiger partial charge in [0.25, 0.3) is 0 Å². The number of fused-ring (bicyclic) bond motifs is 1. The molecule has 0 saturated carbocycles. The maximum atomic E-state index is 12.8.